The number of benzene rings is 2. The zero-order chi connectivity index (χ0) is 18.0. The Kier molecular flexibility index (Phi) is 4.39. The molecule has 0 aliphatic carbocycles. The quantitative estimate of drug-likeness (QED) is 0.719. The summed E-state index contributed by atoms with van der Waals surface area (Å²) in [6.45, 7) is 0. The second kappa shape index (κ2) is 6.51. The van der Waals surface area contributed by atoms with Gasteiger partial charge in [0, 0.05) is 11.1 Å². The van der Waals surface area contributed by atoms with Crippen LogP contribution >= 0.6 is 0 Å². The van der Waals surface area contributed by atoms with Crippen molar-refractivity contribution in [2.75, 3.05) is 19.5 Å². The van der Waals surface area contributed by atoms with Gasteiger partial charge in [0.05, 0.1) is 25.3 Å². The average Bonchev–Trinajstić information content (AvgIpc) is 2.60. The van der Waals surface area contributed by atoms with Gasteiger partial charge in [-0.3, -0.25) is 0 Å². The largest absolute Gasteiger partial charge is 0.497 e. The van der Waals surface area contributed by atoms with Crippen LogP contribution < -0.4 is 14.8 Å². The van der Waals surface area contributed by atoms with Gasteiger partial charge in [-0.15, -0.1) is 0 Å². The highest BCUT2D eigenvalue weighted by atomic mass is 19.4. The van der Waals surface area contributed by atoms with Crippen molar-refractivity contribution in [2.45, 2.75) is 6.18 Å². The van der Waals surface area contributed by atoms with Crippen LogP contribution in [0.5, 0.6) is 11.5 Å². The van der Waals surface area contributed by atoms with Crippen molar-refractivity contribution in [2.24, 2.45) is 0 Å². The molecule has 0 atom stereocenters. The number of hydrogen-bond acceptors (Lipinski definition) is 4. The Morgan fingerprint density at radius 3 is 2.12 bits per heavy atom. The number of nitrogens with zero attached hydrogens (tertiary/aromatic N) is 1. The van der Waals surface area contributed by atoms with Crippen LogP contribution in [0.4, 0.5) is 24.7 Å². The highest BCUT2D eigenvalue weighted by molar-refractivity contribution is 5.86. The van der Waals surface area contributed by atoms with Crippen LogP contribution in [-0.2, 0) is 6.18 Å². The third-order valence-corrected chi connectivity index (χ3v) is 3.68. The smallest absolute Gasteiger partial charge is 0.417 e. The Bertz CT molecular complexity index is 893. The van der Waals surface area contributed by atoms with Crippen LogP contribution in [0.3, 0.4) is 0 Å². The van der Waals surface area contributed by atoms with Crippen LogP contribution in [-0.4, -0.2) is 19.2 Å². The summed E-state index contributed by atoms with van der Waals surface area (Å²) in [5, 5.41) is 2.88. The van der Waals surface area contributed by atoms with E-state index in [-0.39, 0.29) is 16.7 Å². The Hall–Kier alpha value is -2.96. The molecule has 0 amide bonds. The predicted octanol–water partition coefficient (Wildman–Crippen LogP) is 5.01. The van der Waals surface area contributed by atoms with Crippen LogP contribution in [0.2, 0.25) is 0 Å². The summed E-state index contributed by atoms with van der Waals surface area (Å²) in [7, 11) is 2.94. The highest BCUT2D eigenvalue weighted by Gasteiger charge is 2.33. The molecule has 25 heavy (non-hydrogen) atoms. The van der Waals surface area contributed by atoms with Crippen LogP contribution in [0.1, 0.15) is 5.56 Å². The van der Waals surface area contributed by atoms with Crippen molar-refractivity contribution in [3.05, 3.63) is 54.1 Å². The molecule has 0 radical (unpaired) electrons. The van der Waals surface area contributed by atoms with E-state index in [1.54, 1.807) is 30.3 Å². The normalized spacial score (nSPS) is 11.4. The van der Waals surface area contributed by atoms with Gasteiger partial charge in [0.2, 0.25) is 0 Å². The Balaban J connectivity index is 2.06. The Morgan fingerprint density at radius 1 is 0.880 bits per heavy atom. The fraction of sp³-hybridized carbons (Fsp3) is 0.167. The topological polar surface area (TPSA) is 43.4 Å². The van der Waals surface area contributed by atoms with Gasteiger partial charge in [0.25, 0.3) is 0 Å². The maximum absolute atomic E-state index is 13.5. The predicted molar refractivity (Wildman–Crippen MR) is 89.6 cm³/mol. The van der Waals surface area contributed by atoms with E-state index in [9.17, 15) is 13.2 Å². The molecule has 3 rings (SSSR count). The number of halogens is 3. The summed E-state index contributed by atoms with van der Waals surface area (Å²) in [4.78, 5) is 4.26. The number of hydrogen-bond donors (Lipinski definition) is 1. The van der Waals surface area contributed by atoms with Crippen LogP contribution in [0.15, 0.2) is 48.5 Å². The molecule has 0 saturated carbocycles. The molecule has 4 nitrogen and oxygen atoms in total. The summed E-state index contributed by atoms with van der Waals surface area (Å²) < 4.78 is 50.4. The van der Waals surface area contributed by atoms with E-state index < -0.39 is 11.7 Å². The van der Waals surface area contributed by atoms with Crippen molar-refractivity contribution in [1.29, 1.82) is 0 Å². The van der Waals surface area contributed by atoms with Gasteiger partial charge in [-0.05, 0) is 48.5 Å². The summed E-state index contributed by atoms with van der Waals surface area (Å²) in [6, 6.07) is 12.2. The van der Waals surface area contributed by atoms with Crippen molar-refractivity contribution in [1.82, 2.24) is 4.98 Å². The van der Waals surface area contributed by atoms with Crippen molar-refractivity contribution >= 4 is 22.4 Å². The fourth-order valence-corrected chi connectivity index (χ4v) is 2.45. The lowest BCUT2D eigenvalue weighted by Gasteiger charge is -2.14. The number of fused-ring (bicyclic) bond motifs is 1. The second-order valence-corrected chi connectivity index (χ2v) is 5.29. The van der Waals surface area contributed by atoms with Gasteiger partial charge in [0.1, 0.15) is 17.3 Å². The molecule has 0 saturated heterocycles. The first-order valence-corrected chi connectivity index (χ1v) is 7.38. The second-order valence-electron chi connectivity index (χ2n) is 5.29. The monoisotopic (exact) mass is 348 g/mol. The molecular weight excluding hydrogens is 333 g/mol. The first kappa shape index (κ1) is 16.9. The number of alkyl halides is 3. The zero-order valence-electron chi connectivity index (χ0n) is 13.5. The van der Waals surface area contributed by atoms with E-state index in [1.807, 2.05) is 0 Å². The third kappa shape index (κ3) is 3.60. The summed E-state index contributed by atoms with van der Waals surface area (Å²) in [6.07, 6.45) is -4.51. The minimum absolute atomic E-state index is 0.00729. The molecule has 1 N–H and O–H groups in total. The molecule has 1 heterocycles. The van der Waals surface area contributed by atoms with E-state index in [4.69, 9.17) is 9.47 Å². The number of nitrogens with one attached hydrogen (secondary N) is 1. The number of methoxy groups -OCH3 is 2. The van der Waals surface area contributed by atoms with Gasteiger partial charge < -0.3 is 14.8 Å². The standard InChI is InChI=1S/C18H15F3N2O2/c1-24-12-5-3-11(4-6-12)22-17-10-15(18(19,20)21)14-9-13(25-2)7-8-16(14)23-17/h3-10H,1-2H3,(H,22,23). The fourth-order valence-electron chi connectivity index (χ4n) is 2.45. The minimum Gasteiger partial charge on any atom is -0.497 e. The van der Waals surface area contributed by atoms with Gasteiger partial charge in [-0.25, -0.2) is 4.98 Å². The third-order valence-electron chi connectivity index (χ3n) is 3.68. The summed E-state index contributed by atoms with van der Waals surface area (Å²) >= 11 is 0. The van der Waals surface area contributed by atoms with Gasteiger partial charge in [-0.1, -0.05) is 0 Å². The average molecular weight is 348 g/mol. The van der Waals surface area contributed by atoms with E-state index in [0.29, 0.717) is 17.2 Å². The van der Waals surface area contributed by atoms with Gasteiger partial charge in [0.15, 0.2) is 0 Å². The van der Waals surface area contributed by atoms with E-state index in [1.165, 1.54) is 26.4 Å². The van der Waals surface area contributed by atoms with Crippen molar-refractivity contribution in [3.63, 3.8) is 0 Å². The van der Waals surface area contributed by atoms with Gasteiger partial charge >= 0.3 is 6.18 Å². The molecule has 2 aromatic carbocycles. The molecule has 0 fully saturated rings. The number of rotatable bonds is 4. The zero-order valence-corrected chi connectivity index (χ0v) is 13.5. The summed E-state index contributed by atoms with van der Waals surface area (Å²) in [5.74, 6) is 1.10. The summed E-state index contributed by atoms with van der Waals surface area (Å²) in [5.41, 5.74) is 0.0633. The van der Waals surface area contributed by atoms with Gasteiger partial charge in [-0.2, -0.15) is 13.2 Å². The number of anilines is 2. The van der Waals surface area contributed by atoms with E-state index in [2.05, 4.69) is 10.3 Å². The molecule has 0 bridgehead atoms. The molecule has 3 aromatic rings. The van der Waals surface area contributed by atoms with Crippen molar-refractivity contribution < 1.29 is 22.6 Å². The van der Waals surface area contributed by atoms with E-state index >= 15 is 0 Å². The molecule has 0 aliphatic heterocycles. The molecule has 130 valence electrons. The first-order chi connectivity index (χ1) is 11.9. The molecule has 7 heteroatoms. The molecular formula is C18H15F3N2O2. The minimum atomic E-state index is -4.51. The van der Waals surface area contributed by atoms with Crippen LogP contribution in [0, 0.1) is 0 Å². The molecule has 1 aromatic heterocycles. The number of pyridine rings is 1. The maximum atomic E-state index is 13.5. The number of aromatic nitrogens is 1. The lowest BCUT2D eigenvalue weighted by Crippen LogP contribution is -2.08. The highest BCUT2D eigenvalue weighted by Crippen LogP contribution is 2.37. The first-order valence-electron chi connectivity index (χ1n) is 7.38. The SMILES string of the molecule is COc1ccc(Nc2cc(C(F)(F)F)c3cc(OC)ccc3n2)cc1. The lowest BCUT2D eigenvalue weighted by molar-refractivity contribution is -0.136. The molecule has 0 spiro atoms. The Morgan fingerprint density at radius 2 is 1.52 bits per heavy atom. The van der Waals surface area contributed by atoms with Crippen molar-refractivity contribution in [3.8, 4) is 11.5 Å². The number of ether oxygens (including phenoxy) is 2. The molecule has 0 aliphatic rings. The lowest BCUT2D eigenvalue weighted by atomic mass is 10.1. The Labute approximate surface area is 142 Å². The van der Waals surface area contributed by atoms with Crippen LogP contribution in [0.25, 0.3) is 10.9 Å². The maximum Gasteiger partial charge on any atom is 0.417 e. The molecule has 0 unspecified atom stereocenters. The van der Waals surface area contributed by atoms with E-state index in [0.717, 1.165) is 6.07 Å².